The predicted molar refractivity (Wildman–Crippen MR) is 79.5 cm³/mol. The summed E-state index contributed by atoms with van der Waals surface area (Å²) in [5, 5.41) is 2.63. The smallest absolute Gasteiger partial charge is 0.412 e. The minimum absolute atomic E-state index is 0.334. The Labute approximate surface area is 123 Å². The zero-order chi connectivity index (χ0) is 15.5. The number of carbonyl (C=O) groups excluding carboxylic acids is 1. The highest BCUT2D eigenvalue weighted by atomic mass is 19.1. The maximum absolute atomic E-state index is 13.2. The molecule has 0 saturated heterocycles. The Balaban J connectivity index is 2.17. The summed E-state index contributed by atoms with van der Waals surface area (Å²) >= 11 is 0. The van der Waals surface area contributed by atoms with Crippen molar-refractivity contribution in [1.29, 1.82) is 0 Å². The number of nitrogens with one attached hydrogen (secondary N) is 1. The molecule has 2 rings (SSSR count). The van der Waals surface area contributed by atoms with E-state index in [9.17, 15) is 9.18 Å². The number of halogens is 1. The first kappa shape index (κ1) is 15.0. The van der Waals surface area contributed by atoms with Gasteiger partial charge in [-0.15, -0.1) is 0 Å². The van der Waals surface area contributed by atoms with Gasteiger partial charge in [-0.3, -0.25) is 10.3 Å². The van der Waals surface area contributed by atoms with E-state index in [2.05, 4.69) is 10.3 Å². The van der Waals surface area contributed by atoms with Gasteiger partial charge in [0.15, 0.2) is 0 Å². The van der Waals surface area contributed by atoms with E-state index in [1.807, 2.05) is 0 Å². The van der Waals surface area contributed by atoms with Gasteiger partial charge in [-0.25, -0.2) is 9.18 Å². The molecule has 0 saturated carbocycles. The van der Waals surface area contributed by atoms with Crippen LogP contribution in [0.5, 0.6) is 0 Å². The molecule has 0 fully saturated rings. The lowest BCUT2D eigenvalue weighted by atomic mass is 10.1. The highest BCUT2D eigenvalue weighted by molar-refractivity contribution is 5.85. The van der Waals surface area contributed by atoms with E-state index < -0.39 is 11.7 Å². The van der Waals surface area contributed by atoms with Crippen LogP contribution in [0.1, 0.15) is 20.8 Å². The molecule has 5 heteroatoms. The van der Waals surface area contributed by atoms with Crippen LogP contribution >= 0.6 is 0 Å². The Morgan fingerprint density at radius 2 is 2.00 bits per heavy atom. The summed E-state index contributed by atoms with van der Waals surface area (Å²) < 4.78 is 18.4. The summed E-state index contributed by atoms with van der Waals surface area (Å²) in [6.45, 7) is 5.37. The van der Waals surface area contributed by atoms with Crippen LogP contribution in [0.25, 0.3) is 11.3 Å². The molecule has 1 aromatic heterocycles. The quantitative estimate of drug-likeness (QED) is 0.899. The van der Waals surface area contributed by atoms with Crippen LogP contribution in [0.15, 0.2) is 42.6 Å². The zero-order valence-corrected chi connectivity index (χ0v) is 12.2. The lowest BCUT2D eigenvalue weighted by molar-refractivity contribution is 0.0636. The molecule has 0 bridgehead atoms. The third kappa shape index (κ3) is 4.56. The van der Waals surface area contributed by atoms with E-state index in [1.54, 1.807) is 51.2 Å². The van der Waals surface area contributed by atoms with Gasteiger partial charge in [0, 0.05) is 17.4 Å². The molecule has 2 aromatic rings. The average molecular weight is 288 g/mol. The first-order chi connectivity index (χ1) is 9.83. The maximum atomic E-state index is 13.2. The van der Waals surface area contributed by atoms with Gasteiger partial charge in [-0.05, 0) is 45.0 Å². The van der Waals surface area contributed by atoms with Crippen molar-refractivity contribution in [2.75, 3.05) is 5.32 Å². The molecule has 0 aliphatic rings. The summed E-state index contributed by atoms with van der Waals surface area (Å²) in [7, 11) is 0. The van der Waals surface area contributed by atoms with Crippen molar-refractivity contribution in [3.63, 3.8) is 0 Å². The first-order valence-corrected chi connectivity index (χ1v) is 6.55. The van der Waals surface area contributed by atoms with Crippen molar-refractivity contribution in [2.45, 2.75) is 26.4 Å². The molecule has 0 radical (unpaired) electrons. The number of carbonyl (C=O) groups is 1. The lowest BCUT2D eigenvalue weighted by Gasteiger charge is -2.19. The fraction of sp³-hybridized carbons (Fsp3) is 0.250. The summed E-state index contributed by atoms with van der Waals surface area (Å²) in [5.74, 6) is -0.334. The van der Waals surface area contributed by atoms with Crippen LogP contribution in [-0.4, -0.2) is 16.7 Å². The fourth-order valence-electron chi connectivity index (χ4n) is 1.74. The first-order valence-electron chi connectivity index (χ1n) is 6.55. The van der Waals surface area contributed by atoms with Gasteiger partial charge in [-0.2, -0.15) is 0 Å². The molecule has 0 unspecified atom stereocenters. The lowest BCUT2D eigenvalue weighted by Crippen LogP contribution is -2.27. The molecule has 1 amide bonds. The number of nitrogens with zero attached hydrogens (tertiary/aromatic N) is 1. The number of pyridine rings is 1. The molecule has 1 heterocycles. The second-order valence-corrected chi connectivity index (χ2v) is 5.57. The maximum Gasteiger partial charge on any atom is 0.412 e. The molecular weight excluding hydrogens is 271 g/mol. The van der Waals surface area contributed by atoms with Crippen molar-refractivity contribution in [1.82, 2.24) is 4.98 Å². The van der Waals surface area contributed by atoms with Crippen LogP contribution in [-0.2, 0) is 4.74 Å². The van der Waals surface area contributed by atoms with Crippen LogP contribution in [0, 0.1) is 5.82 Å². The number of benzene rings is 1. The summed E-state index contributed by atoms with van der Waals surface area (Å²) in [6, 6.07) is 9.43. The van der Waals surface area contributed by atoms with E-state index >= 15 is 0 Å². The topological polar surface area (TPSA) is 51.2 Å². The minimum atomic E-state index is -0.567. The monoisotopic (exact) mass is 288 g/mol. The SMILES string of the molecule is CC(C)(C)OC(=O)Nc1ccnc(-c2cccc(F)c2)c1. The number of hydrogen-bond donors (Lipinski definition) is 1. The van der Waals surface area contributed by atoms with E-state index in [4.69, 9.17) is 4.74 Å². The Morgan fingerprint density at radius 3 is 2.67 bits per heavy atom. The molecule has 0 atom stereocenters. The van der Waals surface area contributed by atoms with E-state index in [0.29, 0.717) is 16.9 Å². The van der Waals surface area contributed by atoms with Crippen molar-refractivity contribution >= 4 is 11.8 Å². The zero-order valence-electron chi connectivity index (χ0n) is 12.2. The van der Waals surface area contributed by atoms with Crippen molar-refractivity contribution in [2.24, 2.45) is 0 Å². The summed E-state index contributed by atoms with van der Waals surface area (Å²) in [4.78, 5) is 15.9. The molecule has 1 aromatic carbocycles. The van der Waals surface area contributed by atoms with Gasteiger partial charge >= 0.3 is 6.09 Å². The largest absolute Gasteiger partial charge is 0.444 e. The summed E-state index contributed by atoms with van der Waals surface area (Å²) in [5.41, 5.74) is 1.19. The van der Waals surface area contributed by atoms with Gasteiger partial charge < -0.3 is 4.74 Å². The molecule has 4 nitrogen and oxygen atoms in total. The van der Waals surface area contributed by atoms with Crippen LogP contribution in [0.3, 0.4) is 0 Å². The van der Waals surface area contributed by atoms with Crippen molar-refractivity contribution < 1.29 is 13.9 Å². The molecule has 0 spiro atoms. The Bertz CT molecular complexity index is 651. The van der Waals surface area contributed by atoms with Gasteiger partial charge in [-0.1, -0.05) is 12.1 Å². The van der Waals surface area contributed by atoms with Gasteiger partial charge in [0.1, 0.15) is 11.4 Å². The van der Waals surface area contributed by atoms with Crippen LogP contribution in [0.2, 0.25) is 0 Å². The van der Waals surface area contributed by atoms with E-state index in [1.165, 1.54) is 12.1 Å². The molecule has 21 heavy (non-hydrogen) atoms. The predicted octanol–water partition coefficient (Wildman–Crippen LogP) is 4.23. The Kier molecular flexibility index (Phi) is 4.21. The molecular formula is C16H17FN2O2. The molecule has 0 aliphatic carbocycles. The standard InChI is InChI=1S/C16H17FN2O2/c1-16(2,3)21-15(20)19-13-7-8-18-14(10-13)11-5-4-6-12(17)9-11/h4-10H,1-3H3,(H,18,19,20). The number of aromatic nitrogens is 1. The minimum Gasteiger partial charge on any atom is -0.444 e. The second kappa shape index (κ2) is 5.91. The van der Waals surface area contributed by atoms with E-state index in [0.717, 1.165) is 0 Å². The third-order valence-corrected chi connectivity index (χ3v) is 2.53. The normalized spacial score (nSPS) is 11.0. The number of anilines is 1. The molecule has 1 N–H and O–H groups in total. The van der Waals surface area contributed by atoms with Crippen LogP contribution < -0.4 is 5.32 Å². The van der Waals surface area contributed by atoms with E-state index in [-0.39, 0.29) is 5.82 Å². The number of rotatable bonds is 2. The highest BCUT2D eigenvalue weighted by Gasteiger charge is 2.16. The van der Waals surface area contributed by atoms with Gasteiger partial charge in [0.05, 0.1) is 5.69 Å². The average Bonchev–Trinajstić information content (AvgIpc) is 2.36. The van der Waals surface area contributed by atoms with Gasteiger partial charge in [0.2, 0.25) is 0 Å². The number of amides is 1. The third-order valence-electron chi connectivity index (χ3n) is 2.53. The number of ether oxygens (including phenoxy) is 1. The highest BCUT2D eigenvalue weighted by Crippen LogP contribution is 2.21. The second-order valence-electron chi connectivity index (χ2n) is 5.57. The molecule has 0 aliphatic heterocycles. The summed E-state index contributed by atoms with van der Waals surface area (Å²) in [6.07, 6.45) is 1.01. The van der Waals surface area contributed by atoms with Crippen molar-refractivity contribution in [3.05, 3.63) is 48.4 Å². The molecule has 110 valence electrons. The Hall–Kier alpha value is -2.43. The van der Waals surface area contributed by atoms with Crippen LogP contribution in [0.4, 0.5) is 14.9 Å². The fourth-order valence-corrected chi connectivity index (χ4v) is 1.74. The van der Waals surface area contributed by atoms with Crippen molar-refractivity contribution in [3.8, 4) is 11.3 Å². The number of hydrogen-bond acceptors (Lipinski definition) is 3. The van der Waals surface area contributed by atoms with Gasteiger partial charge in [0.25, 0.3) is 0 Å². The Morgan fingerprint density at radius 1 is 1.24 bits per heavy atom.